The number of rotatable bonds is 2. The van der Waals surface area contributed by atoms with E-state index in [1.54, 1.807) is 12.1 Å². The molecular formula is C10H12BNO4. The van der Waals surface area contributed by atoms with Crippen LogP contribution in [0.2, 0.25) is 0 Å². The minimum Gasteiger partial charge on any atom is -0.402 e. The van der Waals surface area contributed by atoms with E-state index in [2.05, 4.69) is 0 Å². The number of hydrogen-bond acceptors (Lipinski definition) is 4. The average molecular weight is 221 g/mol. The van der Waals surface area contributed by atoms with E-state index in [1.165, 1.54) is 12.1 Å². The van der Waals surface area contributed by atoms with Gasteiger partial charge in [0.25, 0.3) is 5.69 Å². The highest BCUT2D eigenvalue weighted by Crippen LogP contribution is 2.17. The minimum absolute atomic E-state index is 0.00395. The van der Waals surface area contributed by atoms with Gasteiger partial charge in [0, 0.05) is 12.1 Å². The molecule has 2 unspecified atom stereocenters. The van der Waals surface area contributed by atoms with Gasteiger partial charge in [-0.25, -0.2) is 0 Å². The molecule has 2 atom stereocenters. The van der Waals surface area contributed by atoms with E-state index in [-0.39, 0.29) is 17.9 Å². The number of non-ortho nitro benzene ring substituents is 1. The summed E-state index contributed by atoms with van der Waals surface area (Å²) in [7, 11) is -0.495. The zero-order chi connectivity index (χ0) is 11.7. The summed E-state index contributed by atoms with van der Waals surface area (Å²) in [6.07, 6.45) is 0.00789. The molecule has 0 aliphatic carbocycles. The quantitative estimate of drug-likeness (QED) is 0.426. The Morgan fingerprint density at radius 2 is 1.94 bits per heavy atom. The minimum atomic E-state index is -0.495. The molecule has 0 radical (unpaired) electrons. The molecule has 0 spiro atoms. The van der Waals surface area contributed by atoms with Crippen LogP contribution in [0.25, 0.3) is 0 Å². The smallest absolute Gasteiger partial charge is 0.402 e. The second-order valence-electron chi connectivity index (χ2n) is 3.87. The van der Waals surface area contributed by atoms with Crippen LogP contribution in [-0.4, -0.2) is 24.2 Å². The van der Waals surface area contributed by atoms with Crippen molar-refractivity contribution >= 4 is 18.3 Å². The molecule has 0 amide bonds. The predicted octanol–water partition coefficient (Wildman–Crippen LogP) is 1.11. The van der Waals surface area contributed by atoms with Gasteiger partial charge in [-0.05, 0) is 19.3 Å². The maximum atomic E-state index is 10.6. The number of nitro groups is 1. The second kappa shape index (κ2) is 4.23. The van der Waals surface area contributed by atoms with E-state index in [0.717, 1.165) is 0 Å². The zero-order valence-electron chi connectivity index (χ0n) is 9.12. The Morgan fingerprint density at radius 1 is 1.31 bits per heavy atom. The average Bonchev–Trinajstić information content (AvgIpc) is 2.59. The van der Waals surface area contributed by atoms with Crippen molar-refractivity contribution < 1.29 is 14.2 Å². The van der Waals surface area contributed by atoms with E-state index in [1.807, 2.05) is 13.8 Å². The molecule has 84 valence electrons. The summed E-state index contributed by atoms with van der Waals surface area (Å²) in [5, 5.41) is 10.6. The topological polar surface area (TPSA) is 61.6 Å². The first-order chi connectivity index (χ1) is 7.58. The fourth-order valence-electron chi connectivity index (χ4n) is 1.59. The maximum Gasteiger partial charge on any atom is 0.494 e. The van der Waals surface area contributed by atoms with Crippen LogP contribution in [0, 0.1) is 10.1 Å². The third-order valence-corrected chi connectivity index (χ3v) is 2.69. The Kier molecular flexibility index (Phi) is 2.94. The van der Waals surface area contributed by atoms with Gasteiger partial charge in [-0.15, -0.1) is 0 Å². The molecule has 0 saturated carbocycles. The maximum absolute atomic E-state index is 10.6. The van der Waals surface area contributed by atoms with Crippen molar-refractivity contribution in [3.05, 3.63) is 34.4 Å². The van der Waals surface area contributed by atoms with Crippen LogP contribution in [-0.2, 0) is 9.31 Å². The number of benzene rings is 1. The van der Waals surface area contributed by atoms with Gasteiger partial charge in [-0.1, -0.05) is 12.1 Å². The molecule has 0 N–H and O–H groups in total. The van der Waals surface area contributed by atoms with Gasteiger partial charge < -0.3 is 9.31 Å². The normalized spacial score (nSPS) is 24.8. The second-order valence-corrected chi connectivity index (χ2v) is 3.87. The molecule has 1 aliphatic heterocycles. The molecule has 6 heteroatoms. The van der Waals surface area contributed by atoms with E-state index in [4.69, 9.17) is 9.31 Å². The molecule has 16 heavy (non-hydrogen) atoms. The third kappa shape index (κ3) is 2.07. The van der Waals surface area contributed by atoms with E-state index in [0.29, 0.717) is 5.46 Å². The third-order valence-electron chi connectivity index (χ3n) is 2.69. The van der Waals surface area contributed by atoms with Crippen LogP contribution >= 0.6 is 0 Å². The van der Waals surface area contributed by atoms with E-state index >= 15 is 0 Å². The SMILES string of the molecule is CC1OB(c2cccc([N+](=O)[O-])c2)OC1C. The fraction of sp³-hybridized carbons (Fsp3) is 0.400. The predicted molar refractivity (Wildman–Crippen MR) is 59.6 cm³/mol. The summed E-state index contributed by atoms with van der Waals surface area (Å²) >= 11 is 0. The highest BCUT2D eigenvalue weighted by molar-refractivity contribution is 6.62. The lowest BCUT2D eigenvalue weighted by molar-refractivity contribution is -0.384. The summed E-state index contributed by atoms with van der Waals surface area (Å²) in [5.74, 6) is 0. The van der Waals surface area contributed by atoms with Crippen molar-refractivity contribution in [1.82, 2.24) is 0 Å². The number of nitro benzene ring substituents is 1. The van der Waals surface area contributed by atoms with Crippen LogP contribution in [0.15, 0.2) is 24.3 Å². The highest BCUT2D eigenvalue weighted by Gasteiger charge is 2.36. The van der Waals surface area contributed by atoms with Gasteiger partial charge in [0.2, 0.25) is 0 Å². The summed E-state index contributed by atoms with van der Waals surface area (Å²) in [4.78, 5) is 10.2. The lowest BCUT2D eigenvalue weighted by atomic mass is 9.79. The Balaban J connectivity index is 2.21. The Labute approximate surface area is 93.7 Å². The molecule has 0 aromatic heterocycles. The van der Waals surface area contributed by atoms with E-state index < -0.39 is 12.0 Å². The Bertz CT molecular complexity index is 402. The molecule has 1 heterocycles. The van der Waals surface area contributed by atoms with Crippen molar-refractivity contribution in [2.24, 2.45) is 0 Å². The molecule has 1 fully saturated rings. The molecule has 1 aromatic rings. The van der Waals surface area contributed by atoms with Crippen LogP contribution < -0.4 is 5.46 Å². The van der Waals surface area contributed by atoms with Crippen molar-refractivity contribution in [3.8, 4) is 0 Å². The van der Waals surface area contributed by atoms with Gasteiger partial charge >= 0.3 is 7.12 Å². The van der Waals surface area contributed by atoms with Crippen LogP contribution in [0.4, 0.5) is 5.69 Å². The van der Waals surface area contributed by atoms with Gasteiger partial charge in [0.05, 0.1) is 17.1 Å². The van der Waals surface area contributed by atoms with Crippen molar-refractivity contribution in [3.63, 3.8) is 0 Å². The number of nitrogens with zero attached hydrogens (tertiary/aromatic N) is 1. The fourth-order valence-corrected chi connectivity index (χ4v) is 1.59. The summed E-state index contributed by atoms with van der Waals surface area (Å²) < 4.78 is 11.1. The molecule has 1 aromatic carbocycles. The molecule has 1 aliphatic rings. The molecule has 0 bridgehead atoms. The highest BCUT2D eigenvalue weighted by atomic mass is 16.7. The molecule has 5 nitrogen and oxygen atoms in total. The van der Waals surface area contributed by atoms with Crippen molar-refractivity contribution in [2.75, 3.05) is 0 Å². The van der Waals surface area contributed by atoms with Crippen LogP contribution in [0.1, 0.15) is 13.8 Å². The standard InChI is InChI=1S/C10H12BNO4/c1-7-8(2)16-11(15-7)9-4-3-5-10(6-9)12(13)14/h3-8H,1-2H3. The van der Waals surface area contributed by atoms with Gasteiger partial charge in [-0.2, -0.15) is 0 Å². The van der Waals surface area contributed by atoms with E-state index in [9.17, 15) is 10.1 Å². The monoisotopic (exact) mass is 221 g/mol. The molecular weight excluding hydrogens is 209 g/mol. The summed E-state index contributed by atoms with van der Waals surface area (Å²) in [6, 6.07) is 6.33. The van der Waals surface area contributed by atoms with Crippen LogP contribution in [0.3, 0.4) is 0 Å². The van der Waals surface area contributed by atoms with Crippen LogP contribution in [0.5, 0.6) is 0 Å². The first-order valence-corrected chi connectivity index (χ1v) is 5.13. The first-order valence-electron chi connectivity index (χ1n) is 5.13. The van der Waals surface area contributed by atoms with Gasteiger partial charge in [0.1, 0.15) is 0 Å². The lowest BCUT2D eigenvalue weighted by Gasteiger charge is -2.04. The zero-order valence-corrected chi connectivity index (χ0v) is 9.12. The van der Waals surface area contributed by atoms with Crippen molar-refractivity contribution in [1.29, 1.82) is 0 Å². The Morgan fingerprint density at radius 3 is 2.50 bits per heavy atom. The molecule has 2 rings (SSSR count). The largest absolute Gasteiger partial charge is 0.494 e. The first kappa shape index (κ1) is 11.1. The lowest BCUT2D eigenvalue weighted by Crippen LogP contribution is -2.32. The van der Waals surface area contributed by atoms with Gasteiger partial charge in [0.15, 0.2) is 0 Å². The Hall–Kier alpha value is -1.40. The number of hydrogen-bond donors (Lipinski definition) is 0. The summed E-state index contributed by atoms with van der Waals surface area (Å²) in [6.45, 7) is 3.84. The van der Waals surface area contributed by atoms with Crippen molar-refractivity contribution in [2.45, 2.75) is 26.1 Å². The molecule has 1 saturated heterocycles. The summed E-state index contributed by atoms with van der Waals surface area (Å²) in [5.41, 5.74) is 0.738. The van der Waals surface area contributed by atoms with Gasteiger partial charge in [-0.3, -0.25) is 10.1 Å².